The summed E-state index contributed by atoms with van der Waals surface area (Å²) in [6.07, 6.45) is 1.22. The van der Waals surface area contributed by atoms with Gasteiger partial charge in [0.05, 0.1) is 6.10 Å². The number of benzene rings is 2. The van der Waals surface area contributed by atoms with E-state index in [4.69, 9.17) is 32.7 Å². The summed E-state index contributed by atoms with van der Waals surface area (Å²) in [7, 11) is 0. The van der Waals surface area contributed by atoms with Gasteiger partial charge in [-0.25, -0.2) is 13.2 Å². The molecule has 0 aliphatic carbocycles. The quantitative estimate of drug-likeness (QED) is 0.305. The average Bonchev–Trinajstić information content (AvgIpc) is 3.25. The molecule has 0 radical (unpaired) electrons. The lowest BCUT2D eigenvalue weighted by molar-refractivity contribution is -0.135. The van der Waals surface area contributed by atoms with Gasteiger partial charge in [0.1, 0.15) is 0 Å². The van der Waals surface area contributed by atoms with Crippen LogP contribution >= 0.6 is 23.2 Å². The average molecular weight is 484 g/mol. The normalized spacial score (nSPS) is 15.9. The lowest BCUT2D eigenvalue weighted by atomic mass is 10.1. The minimum absolute atomic E-state index is 0.00480. The van der Waals surface area contributed by atoms with Gasteiger partial charge < -0.3 is 14.4 Å². The second kappa shape index (κ2) is 10.0. The van der Waals surface area contributed by atoms with Gasteiger partial charge in [-0.2, -0.15) is 8.78 Å². The molecular weight excluding hydrogens is 468 g/mol. The van der Waals surface area contributed by atoms with Gasteiger partial charge >= 0.3 is 0 Å². The molecule has 1 aliphatic rings. The number of rotatable bonds is 7. The van der Waals surface area contributed by atoms with E-state index in [2.05, 4.69) is 0 Å². The van der Waals surface area contributed by atoms with E-state index in [9.17, 15) is 26.7 Å². The van der Waals surface area contributed by atoms with E-state index in [0.29, 0.717) is 28.6 Å². The number of carbonyl (C=O) groups excluding carboxylic acids is 1. The number of halogens is 7. The number of nitrogens with zero attached hydrogens (tertiary/aromatic N) is 1. The highest BCUT2D eigenvalue weighted by Gasteiger charge is 2.29. The Balaban J connectivity index is 1.78. The molecule has 0 aromatic heterocycles. The van der Waals surface area contributed by atoms with Crippen LogP contribution in [0.1, 0.15) is 18.4 Å². The Kier molecular flexibility index (Phi) is 7.61. The Bertz CT molecular complexity index is 957. The molecule has 1 atom stereocenters. The fourth-order valence-electron chi connectivity index (χ4n) is 3.08. The highest BCUT2D eigenvalue weighted by Crippen LogP contribution is 2.29. The van der Waals surface area contributed by atoms with Crippen molar-refractivity contribution >= 4 is 29.1 Å². The molecule has 168 valence electrons. The Morgan fingerprint density at radius 1 is 1.06 bits per heavy atom. The standard InChI is InChI=1S/C20H16Cl2F5NO3/c21-11-4-3-10(13(22)6-11)7-28(8-12-2-1-5-30-12)14(29)9-31-20-18(26)16(24)15(23)17(25)19(20)27/h3-4,6,12H,1-2,5,7-9H2. The summed E-state index contributed by atoms with van der Waals surface area (Å²) in [6.45, 7) is -0.320. The Morgan fingerprint density at radius 3 is 2.29 bits per heavy atom. The molecule has 11 heteroatoms. The first kappa shape index (κ1) is 23.6. The van der Waals surface area contributed by atoms with Crippen molar-refractivity contribution < 1.29 is 36.2 Å². The number of hydrogen-bond acceptors (Lipinski definition) is 3. The van der Waals surface area contributed by atoms with Crippen LogP contribution < -0.4 is 4.74 Å². The molecular formula is C20H16Cl2F5NO3. The molecule has 31 heavy (non-hydrogen) atoms. The zero-order valence-electron chi connectivity index (χ0n) is 15.9. The summed E-state index contributed by atoms with van der Waals surface area (Å²) in [4.78, 5) is 14.0. The molecule has 1 heterocycles. The van der Waals surface area contributed by atoms with Gasteiger partial charge in [0.2, 0.25) is 29.1 Å². The molecule has 1 unspecified atom stereocenters. The topological polar surface area (TPSA) is 38.8 Å². The van der Waals surface area contributed by atoms with E-state index < -0.39 is 47.3 Å². The third-order valence-corrected chi connectivity index (χ3v) is 5.27. The van der Waals surface area contributed by atoms with Crippen LogP contribution in [-0.4, -0.2) is 36.7 Å². The van der Waals surface area contributed by atoms with Crippen LogP contribution in [0.4, 0.5) is 22.0 Å². The third-order valence-electron chi connectivity index (χ3n) is 4.69. The molecule has 1 saturated heterocycles. The van der Waals surface area contributed by atoms with Crippen molar-refractivity contribution in [2.45, 2.75) is 25.5 Å². The fraction of sp³-hybridized carbons (Fsp3) is 0.350. The molecule has 0 spiro atoms. The van der Waals surface area contributed by atoms with Crippen LogP contribution in [-0.2, 0) is 16.1 Å². The van der Waals surface area contributed by atoms with Crippen LogP contribution in [0.2, 0.25) is 10.0 Å². The Morgan fingerprint density at radius 2 is 1.71 bits per heavy atom. The van der Waals surface area contributed by atoms with Crippen LogP contribution in [0, 0.1) is 29.1 Å². The van der Waals surface area contributed by atoms with E-state index in [1.165, 1.54) is 11.0 Å². The van der Waals surface area contributed by atoms with Gasteiger partial charge in [-0.1, -0.05) is 29.3 Å². The molecule has 1 fully saturated rings. The van der Waals surface area contributed by atoms with Crippen LogP contribution in [0.25, 0.3) is 0 Å². The summed E-state index contributed by atoms with van der Waals surface area (Å²) in [5.41, 5.74) is 0.536. The minimum Gasteiger partial charge on any atom is -0.477 e. The number of carbonyl (C=O) groups is 1. The number of ether oxygens (including phenoxy) is 2. The Labute approximate surface area is 184 Å². The summed E-state index contributed by atoms with van der Waals surface area (Å²) in [5.74, 6) is -13.2. The van der Waals surface area contributed by atoms with Crippen molar-refractivity contribution in [1.82, 2.24) is 4.90 Å². The molecule has 2 aromatic rings. The van der Waals surface area contributed by atoms with E-state index in [1.54, 1.807) is 12.1 Å². The fourth-order valence-corrected chi connectivity index (χ4v) is 3.55. The molecule has 0 saturated carbocycles. The lowest BCUT2D eigenvalue weighted by Gasteiger charge is -2.26. The van der Waals surface area contributed by atoms with Crippen molar-refractivity contribution in [3.63, 3.8) is 0 Å². The Hall–Kier alpha value is -2.10. The van der Waals surface area contributed by atoms with Crippen molar-refractivity contribution in [1.29, 1.82) is 0 Å². The second-order valence-corrected chi connectivity index (χ2v) is 7.68. The number of amides is 1. The van der Waals surface area contributed by atoms with Gasteiger partial charge in [-0.15, -0.1) is 0 Å². The molecule has 4 nitrogen and oxygen atoms in total. The van der Waals surface area contributed by atoms with E-state index in [-0.39, 0.29) is 19.2 Å². The van der Waals surface area contributed by atoms with Crippen molar-refractivity contribution in [3.8, 4) is 5.75 Å². The van der Waals surface area contributed by atoms with Gasteiger partial charge in [-0.05, 0) is 30.5 Å². The van der Waals surface area contributed by atoms with E-state index in [0.717, 1.165) is 6.42 Å². The smallest absolute Gasteiger partial charge is 0.260 e. The van der Waals surface area contributed by atoms with Gasteiger partial charge in [0.25, 0.3) is 5.91 Å². The SMILES string of the molecule is O=C(COc1c(F)c(F)c(F)c(F)c1F)N(Cc1ccc(Cl)cc1Cl)CC1CCCO1. The molecule has 1 aliphatic heterocycles. The first-order valence-electron chi connectivity index (χ1n) is 9.16. The summed E-state index contributed by atoms with van der Waals surface area (Å²) < 4.78 is 77.7. The van der Waals surface area contributed by atoms with Gasteiger partial charge in [0, 0.05) is 29.7 Å². The molecule has 0 bridgehead atoms. The van der Waals surface area contributed by atoms with Crippen molar-refractivity contribution in [2.75, 3.05) is 19.8 Å². The first-order chi connectivity index (χ1) is 14.7. The third kappa shape index (κ3) is 5.39. The molecule has 3 rings (SSSR count). The zero-order valence-corrected chi connectivity index (χ0v) is 17.4. The monoisotopic (exact) mass is 483 g/mol. The molecule has 2 aromatic carbocycles. The van der Waals surface area contributed by atoms with Crippen LogP contribution in [0.15, 0.2) is 18.2 Å². The zero-order chi connectivity index (χ0) is 22.7. The predicted octanol–water partition coefficient (Wildman–Crippen LogP) is 5.28. The second-order valence-electron chi connectivity index (χ2n) is 6.83. The highest BCUT2D eigenvalue weighted by atomic mass is 35.5. The van der Waals surface area contributed by atoms with Crippen molar-refractivity contribution in [3.05, 3.63) is 62.9 Å². The summed E-state index contributed by atoms with van der Waals surface area (Å²) in [5, 5.41) is 0.679. The largest absolute Gasteiger partial charge is 0.477 e. The van der Waals surface area contributed by atoms with Gasteiger partial charge in [0.15, 0.2) is 12.4 Å². The summed E-state index contributed by atoms with van der Waals surface area (Å²) >= 11 is 12.0. The van der Waals surface area contributed by atoms with Crippen LogP contribution in [0.3, 0.4) is 0 Å². The van der Waals surface area contributed by atoms with Crippen molar-refractivity contribution in [2.24, 2.45) is 0 Å². The molecule has 0 N–H and O–H groups in total. The van der Waals surface area contributed by atoms with E-state index in [1.807, 2.05) is 0 Å². The number of hydrogen-bond donors (Lipinski definition) is 0. The minimum atomic E-state index is -2.31. The van der Waals surface area contributed by atoms with Crippen LogP contribution in [0.5, 0.6) is 5.75 Å². The maximum Gasteiger partial charge on any atom is 0.260 e. The van der Waals surface area contributed by atoms with Gasteiger partial charge in [-0.3, -0.25) is 4.79 Å². The first-order valence-corrected chi connectivity index (χ1v) is 9.92. The predicted molar refractivity (Wildman–Crippen MR) is 103 cm³/mol. The van der Waals surface area contributed by atoms with E-state index >= 15 is 0 Å². The highest BCUT2D eigenvalue weighted by molar-refractivity contribution is 6.35. The summed E-state index contributed by atoms with van der Waals surface area (Å²) in [6, 6.07) is 4.66. The molecule has 1 amide bonds. The lowest BCUT2D eigenvalue weighted by Crippen LogP contribution is -2.39. The maximum atomic E-state index is 13.8. The maximum absolute atomic E-state index is 13.8.